The van der Waals surface area contributed by atoms with E-state index in [4.69, 9.17) is 4.74 Å². The molecule has 34 heavy (non-hydrogen) atoms. The Balaban J connectivity index is 2.14. The maximum absolute atomic E-state index is 14.0. The van der Waals surface area contributed by atoms with Crippen molar-refractivity contribution in [3.05, 3.63) is 41.5 Å². The van der Waals surface area contributed by atoms with Crippen LogP contribution >= 0.6 is 11.8 Å². The molecule has 0 aliphatic carbocycles. The Labute approximate surface area is 203 Å². The van der Waals surface area contributed by atoms with E-state index in [0.29, 0.717) is 6.54 Å². The molecule has 13 heteroatoms. The minimum absolute atomic E-state index is 0.0112. The summed E-state index contributed by atoms with van der Waals surface area (Å²) in [6, 6.07) is 5.13. The van der Waals surface area contributed by atoms with Crippen molar-refractivity contribution in [1.82, 2.24) is 19.6 Å². The van der Waals surface area contributed by atoms with Crippen LogP contribution in [0, 0.1) is 11.6 Å². The molecule has 9 nitrogen and oxygen atoms in total. The molecule has 1 aromatic heterocycles. The molecule has 0 radical (unpaired) electrons. The molecule has 0 fully saturated rings. The van der Waals surface area contributed by atoms with Crippen molar-refractivity contribution in [2.24, 2.45) is 0 Å². The van der Waals surface area contributed by atoms with Crippen molar-refractivity contribution in [3.63, 3.8) is 0 Å². The first-order chi connectivity index (χ1) is 16.2. The number of anilines is 1. The van der Waals surface area contributed by atoms with Crippen molar-refractivity contribution in [3.8, 4) is 5.88 Å². The highest BCUT2D eigenvalue weighted by atomic mass is 32.2. The number of likely N-dealkylation sites (N-methyl/N-ethyl adjacent to an activating group) is 1. The number of ether oxygens (including phenoxy) is 1. The molecule has 1 aromatic carbocycles. The average molecular weight is 520 g/mol. The Kier molecular flexibility index (Phi) is 11.4. The second kappa shape index (κ2) is 13.7. The topological polar surface area (TPSA) is 117 Å². The maximum Gasteiger partial charge on any atom is 0.300 e. The number of thioether (sulfide) groups is 1. The van der Waals surface area contributed by atoms with Crippen LogP contribution in [0.1, 0.15) is 32.8 Å². The summed E-state index contributed by atoms with van der Waals surface area (Å²) in [5, 5.41) is 9.34. The number of benzene rings is 1. The van der Waals surface area contributed by atoms with Crippen LogP contribution in [-0.4, -0.2) is 67.3 Å². The molecule has 0 saturated heterocycles. The fourth-order valence-corrected chi connectivity index (χ4v) is 4.52. The summed E-state index contributed by atoms with van der Waals surface area (Å²) < 4.78 is 62.8. The third-order valence-corrected chi connectivity index (χ3v) is 6.55. The standard InChI is InChI=1S/C21H31F2N5O4S2/c1-4-10-28(5-2)11-9-24-34(30,31)27-18-12-19(32-15(3)13-29)26-21(25-18)33-14-16-7-6-8-17(22)20(16)23/h6-8,12,15,24,29H,4-5,9-11,13-14H2,1-3H3,(H,25,26,27)/t15-/m1/s1. The highest BCUT2D eigenvalue weighted by molar-refractivity contribution is 7.98. The van der Waals surface area contributed by atoms with Crippen LogP contribution < -0.4 is 14.2 Å². The quantitative estimate of drug-likeness (QED) is 0.243. The highest BCUT2D eigenvalue weighted by Crippen LogP contribution is 2.26. The molecule has 0 unspecified atom stereocenters. The van der Waals surface area contributed by atoms with E-state index in [-0.39, 0.29) is 41.3 Å². The van der Waals surface area contributed by atoms with Crippen LogP contribution in [0.3, 0.4) is 0 Å². The first-order valence-corrected chi connectivity index (χ1v) is 13.4. The van der Waals surface area contributed by atoms with Crippen LogP contribution in [-0.2, 0) is 16.0 Å². The van der Waals surface area contributed by atoms with Gasteiger partial charge in [-0.1, -0.05) is 37.7 Å². The second-order valence-corrected chi connectivity index (χ2v) is 9.86. The Morgan fingerprint density at radius 3 is 2.68 bits per heavy atom. The van der Waals surface area contributed by atoms with Gasteiger partial charge in [0.15, 0.2) is 16.8 Å². The van der Waals surface area contributed by atoms with Crippen LogP contribution in [0.25, 0.3) is 0 Å². The van der Waals surface area contributed by atoms with E-state index in [1.54, 1.807) is 6.92 Å². The van der Waals surface area contributed by atoms with Gasteiger partial charge in [-0.2, -0.15) is 18.1 Å². The van der Waals surface area contributed by atoms with Gasteiger partial charge in [0.2, 0.25) is 5.88 Å². The SMILES string of the molecule is CCCN(CC)CCNS(=O)(=O)Nc1cc(O[C@H](C)CO)nc(SCc2cccc(F)c2F)n1. The van der Waals surface area contributed by atoms with Crippen LogP contribution in [0.2, 0.25) is 0 Å². The van der Waals surface area contributed by atoms with E-state index >= 15 is 0 Å². The van der Waals surface area contributed by atoms with Crippen LogP contribution in [0.15, 0.2) is 29.4 Å². The molecule has 2 rings (SSSR count). The second-order valence-electron chi connectivity index (χ2n) is 7.42. The van der Waals surface area contributed by atoms with Gasteiger partial charge in [0, 0.05) is 30.5 Å². The van der Waals surface area contributed by atoms with Crippen molar-refractivity contribution < 1.29 is 27.0 Å². The summed E-state index contributed by atoms with van der Waals surface area (Å²) in [5.74, 6) is -1.96. The predicted molar refractivity (Wildman–Crippen MR) is 128 cm³/mol. The van der Waals surface area contributed by atoms with Gasteiger partial charge in [-0.05, 0) is 32.5 Å². The number of aromatic nitrogens is 2. The summed E-state index contributed by atoms with van der Waals surface area (Å²) in [5.41, 5.74) is 0.111. The number of aliphatic hydroxyl groups excluding tert-OH is 1. The lowest BCUT2D eigenvalue weighted by molar-refractivity contribution is 0.124. The number of aliphatic hydroxyl groups is 1. The van der Waals surface area contributed by atoms with E-state index in [2.05, 4.69) is 31.2 Å². The van der Waals surface area contributed by atoms with Gasteiger partial charge < -0.3 is 14.7 Å². The Morgan fingerprint density at radius 2 is 2.00 bits per heavy atom. The number of hydrogen-bond acceptors (Lipinski definition) is 8. The van der Waals surface area contributed by atoms with Gasteiger partial charge in [0.25, 0.3) is 10.2 Å². The van der Waals surface area contributed by atoms with Gasteiger partial charge in [0.1, 0.15) is 11.9 Å². The normalized spacial score (nSPS) is 12.7. The highest BCUT2D eigenvalue weighted by Gasteiger charge is 2.16. The first-order valence-electron chi connectivity index (χ1n) is 10.9. The third kappa shape index (κ3) is 9.29. The molecule has 0 bridgehead atoms. The van der Waals surface area contributed by atoms with Crippen molar-refractivity contribution in [2.45, 2.75) is 44.2 Å². The van der Waals surface area contributed by atoms with Gasteiger partial charge in [-0.25, -0.2) is 13.8 Å². The fraction of sp³-hybridized carbons (Fsp3) is 0.524. The molecule has 0 amide bonds. The zero-order chi connectivity index (χ0) is 25.1. The van der Waals surface area contributed by atoms with E-state index < -0.39 is 27.9 Å². The fourth-order valence-electron chi connectivity index (χ4n) is 2.88. The van der Waals surface area contributed by atoms with Crippen molar-refractivity contribution >= 4 is 27.8 Å². The van der Waals surface area contributed by atoms with Crippen LogP contribution in [0.4, 0.5) is 14.6 Å². The van der Waals surface area contributed by atoms with E-state index in [0.717, 1.165) is 37.3 Å². The van der Waals surface area contributed by atoms with Gasteiger partial charge >= 0.3 is 0 Å². The molecule has 3 N–H and O–H groups in total. The van der Waals surface area contributed by atoms with Crippen molar-refractivity contribution in [2.75, 3.05) is 37.5 Å². The minimum Gasteiger partial charge on any atom is -0.472 e. The number of halogens is 2. The van der Waals surface area contributed by atoms with E-state index in [1.165, 1.54) is 18.2 Å². The molecule has 0 saturated carbocycles. The minimum atomic E-state index is -3.94. The summed E-state index contributed by atoms with van der Waals surface area (Å²) in [6.45, 7) is 7.83. The lowest BCUT2D eigenvalue weighted by Gasteiger charge is -2.19. The number of nitrogens with zero attached hydrogens (tertiary/aromatic N) is 3. The number of hydrogen-bond donors (Lipinski definition) is 3. The molecule has 0 aliphatic heterocycles. The molecule has 2 aromatic rings. The predicted octanol–water partition coefficient (Wildman–Crippen LogP) is 2.78. The smallest absolute Gasteiger partial charge is 0.300 e. The van der Waals surface area contributed by atoms with Gasteiger partial charge in [-0.3, -0.25) is 4.72 Å². The van der Waals surface area contributed by atoms with E-state index in [1.807, 2.05) is 6.92 Å². The average Bonchev–Trinajstić information content (AvgIpc) is 2.78. The lowest BCUT2D eigenvalue weighted by atomic mass is 10.2. The Hall–Kier alpha value is -2.06. The molecule has 0 aliphatic rings. The summed E-state index contributed by atoms with van der Waals surface area (Å²) in [4.78, 5) is 10.5. The molecular weight excluding hydrogens is 488 g/mol. The summed E-state index contributed by atoms with van der Waals surface area (Å²) in [6.07, 6.45) is 0.365. The summed E-state index contributed by atoms with van der Waals surface area (Å²) >= 11 is 0.982. The number of rotatable bonds is 15. The van der Waals surface area contributed by atoms with Gasteiger partial charge in [-0.15, -0.1) is 0 Å². The van der Waals surface area contributed by atoms with E-state index in [9.17, 15) is 22.3 Å². The molecule has 190 valence electrons. The van der Waals surface area contributed by atoms with Gasteiger partial charge in [0.05, 0.1) is 6.61 Å². The Morgan fingerprint density at radius 1 is 1.24 bits per heavy atom. The summed E-state index contributed by atoms with van der Waals surface area (Å²) in [7, 11) is -3.94. The van der Waals surface area contributed by atoms with Crippen LogP contribution in [0.5, 0.6) is 5.88 Å². The maximum atomic E-state index is 14.0. The Bertz CT molecular complexity index is 1030. The zero-order valence-corrected chi connectivity index (χ0v) is 21.1. The monoisotopic (exact) mass is 519 g/mol. The lowest BCUT2D eigenvalue weighted by Crippen LogP contribution is -2.38. The molecule has 1 atom stereocenters. The number of nitrogens with one attached hydrogen (secondary N) is 2. The first kappa shape index (κ1) is 28.2. The zero-order valence-electron chi connectivity index (χ0n) is 19.4. The molecular formula is C21H31F2N5O4S2. The molecule has 0 spiro atoms. The van der Waals surface area contributed by atoms with Crippen molar-refractivity contribution in [1.29, 1.82) is 0 Å². The largest absolute Gasteiger partial charge is 0.472 e. The third-order valence-electron chi connectivity index (χ3n) is 4.60. The molecule has 1 heterocycles.